The molecule has 0 heterocycles. The molecule has 0 aliphatic rings. The summed E-state index contributed by atoms with van der Waals surface area (Å²) >= 11 is 15.8. The summed E-state index contributed by atoms with van der Waals surface area (Å²) in [5, 5.41) is 3.73. The van der Waals surface area contributed by atoms with Crippen molar-refractivity contribution in [2.45, 2.75) is 65.5 Å². The van der Waals surface area contributed by atoms with Gasteiger partial charge in [0.2, 0.25) is 5.91 Å². The molecule has 2 aromatic rings. The molecule has 8 heteroatoms. The second kappa shape index (κ2) is 12.8. The molecule has 0 radical (unpaired) electrons. The van der Waals surface area contributed by atoms with E-state index >= 15 is 0 Å². The molecular formula is C26H33BrCl2N2O3. The van der Waals surface area contributed by atoms with Crippen LogP contribution in [0.3, 0.4) is 0 Å². The monoisotopic (exact) mass is 570 g/mol. The quantitative estimate of drug-likeness (QED) is 0.342. The highest BCUT2D eigenvalue weighted by Gasteiger charge is 2.29. The zero-order valence-corrected chi connectivity index (χ0v) is 23.5. The minimum absolute atomic E-state index is 0.00623. The molecule has 0 saturated carbocycles. The van der Waals surface area contributed by atoms with E-state index in [1.165, 1.54) is 0 Å². The number of carbonyl (C=O) groups is 2. The van der Waals surface area contributed by atoms with Gasteiger partial charge in [-0.3, -0.25) is 9.59 Å². The predicted octanol–water partition coefficient (Wildman–Crippen LogP) is 6.77. The number of nitrogens with zero attached hydrogens (tertiary/aromatic N) is 1. The molecule has 2 rings (SSSR count). The Kier molecular flexibility index (Phi) is 10.7. The number of ether oxygens (including phenoxy) is 1. The first kappa shape index (κ1) is 28.5. The largest absolute Gasteiger partial charge is 0.483 e. The molecule has 0 aromatic heterocycles. The molecular weight excluding hydrogens is 539 g/mol. The molecule has 0 unspecified atom stereocenters. The smallest absolute Gasteiger partial charge is 0.261 e. The molecule has 0 aliphatic heterocycles. The maximum Gasteiger partial charge on any atom is 0.261 e. The van der Waals surface area contributed by atoms with E-state index in [0.717, 1.165) is 22.0 Å². The van der Waals surface area contributed by atoms with Crippen molar-refractivity contribution in [3.8, 4) is 5.75 Å². The molecule has 0 fully saturated rings. The number of amides is 2. The van der Waals surface area contributed by atoms with Crippen molar-refractivity contribution >= 4 is 50.9 Å². The van der Waals surface area contributed by atoms with Gasteiger partial charge in [0.15, 0.2) is 6.61 Å². The highest BCUT2D eigenvalue weighted by atomic mass is 79.9. The molecule has 1 atom stereocenters. The van der Waals surface area contributed by atoms with Gasteiger partial charge in [-0.05, 0) is 69.6 Å². The summed E-state index contributed by atoms with van der Waals surface area (Å²) in [5.41, 5.74) is 1.92. The number of rotatable bonds is 10. The van der Waals surface area contributed by atoms with Crippen LogP contribution in [-0.2, 0) is 21.5 Å². The Bertz CT molecular complexity index is 1010. The van der Waals surface area contributed by atoms with E-state index in [2.05, 4.69) is 42.0 Å². The molecule has 2 aromatic carbocycles. The summed E-state index contributed by atoms with van der Waals surface area (Å²) in [6.07, 6.45) is 1.27. The average Bonchev–Trinajstić information content (AvgIpc) is 2.78. The first-order valence-electron chi connectivity index (χ1n) is 11.4. The van der Waals surface area contributed by atoms with E-state index in [1.807, 2.05) is 32.0 Å². The van der Waals surface area contributed by atoms with Crippen LogP contribution in [0.1, 0.15) is 58.6 Å². The standard InChI is InChI=1S/C26H33BrCl2N2O3/c1-6-12-30-25(33)22(7-2)31(15-17-8-10-20(28)21(29)13-17)24(32)16-34-23-11-9-18(14-19(23)27)26(3,4)5/h8-11,13-14,22H,6-7,12,15-16H2,1-5H3,(H,30,33)/t22-/m0/s1. The van der Waals surface area contributed by atoms with Gasteiger partial charge in [0.25, 0.3) is 5.91 Å². The topological polar surface area (TPSA) is 58.6 Å². The number of carbonyl (C=O) groups excluding carboxylic acids is 2. The van der Waals surface area contributed by atoms with Crippen molar-refractivity contribution in [1.29, 1.82) is 0 Å². The van der Waals surface area contributed by atoms with Crippen molar-refractivity contribution in [1.82, 2.24) is 10.2 Å². The molecule has 0 aliphatic carbocycles. The summed E-state index contributed by atoms with van der Waals surface area (Å²) in [5.74, 6) is 0.0872. The van der Waals surface area contributed by atoms with E-state index < -0.39 is 6.04 Å². The molecule has 0 spiro atoms. The van der Waals surface area contributed by atoms with Crippen LogP contribution in [0.25, 0.3) is 0 Å². The van der Waals surface area contributed by atoms with E-state index in [4.69, 9.17) is 27.9 Å². The molecule has 2 amide bonds. The van der Waals surface area contributed by atoms with Crippen LogP contribution in [-0.4, -0.2) is 35.9 Å². The van der Waals surface area contributed by atoms with Crippen molar-refractivity contribution < 1.29 is 14.3 Å². The number of benzene rings is 2. The maximum atomic E-state index is 13.3. The van der Waals surface area contributed by atoms with Crippen molar-refractivity contribution in [3.05, 3.63) is 62.0 Å². The van der Waals surface area contributed by atoms with Gasteiger partial charge in [0.1, 0.15) is 11.8 Å². The SMILES string of the molecule is CCCNC(=O)[C@H](CC)N(Cc1ccc(Cl)c(Cl)c1)C(=O)COc1ccc(C(C)(C)C)cc1Br. The zero-order chi connectivity index (χ0) is 25.5. The highest BCUT2D eigenvalue weighted by molar-refractivity contribution is 9.10. The van der Waals surface area contributed by atoms with Crippen LogP contribution < -0.4 is 10.1 Å². The molecule has 1 N–H and O–H groups in total. The summed E-state index contributed by atoms with van der Waals surface area (Å²) in [6, 6.07) is 10.4. The van der Waals surface area contributed by atoms with Crippen molar-refractivity contribution in [2.24, 2.45) is 0 Å². The first-order chi connectivity index (χ1) is 16.0. The normalized spacial score (nSPS) is 12.2. The van der Waals surface area contributed by atoms with Crippen LogP contribution in [0.2, 0.25) is 10.0 Å². The maximum absolute atomic E-state index is 13.3. The fourth-order valence-electron chi connectivity index (χ4n) is 3.43. The molecule has 186 valence electrons. The summed E-state index contributed by atoms with van der Waals surface area (Å²) in [6.45, 7) is 10.8. The van der Waals surface area contributed by atoms with Crippen molar-refractivity contribution in [2.75, 3.05) is 13.2 Å². The number of hydrogen-bond acceptors (Lipinski definition) is 3. The van der Waals surface area contributed by atoms with Gasteiger partial charge in [-0.2, -0.15) is 0 Å². The van der Waals surface area contributed by atoms with Gasteiger partial charge in [0, 0.05) is 13.1 Å². The van der Waals surface area contributed by atoms with E-state index in [1.54, 1.807) is 23.1 Å². The number of nitrogens with one attached hydrogen (secondary N) is 1. The van der Waals surface area contributed by atoms with E-state index in [9.17, 15) is 9.59 Å². The first-order valence-corrected chi connectivity index (χ1v) is 13.0. The lowest BCUT2D eigenvalue weighted by molar-refractivity contribution is -0.143. The summed E-state index contributed by atoms with van der Waals surface area (Å²) in [4.78, 5) is 27.7. The molecule has 0 saturated heterocycles. The molecule has 34 heavy (non-hydrogen) atoms. The predicted molar refractivity (Wildman–Crippen MR) is 143 cm³/mol. The van der Waals surface area contributed by atoms with Crippen LogP contribution >= 0.6 is 39.1 Å². The second-order valence-corrected chi connectivity index (χ2v) is 10.8. The average molecular weight is 572 g/mol. The lowest BCUT2D eigenvalue weighted by atomic mass is 9.87. The Morgan fingerprint density at radius 1 is 1.09 bits per heavy atom. The third kappa shape index (κ3) is 7.89. The Morgan fingerprint density at radius 2 is 1.79 bits per heavy atom. The summed E-state index contributed by atoms with van der Waals surface area (Å²) in [7, 11) is 0. The minimum Gasteiger partial charge on any atom is -0.483 e. The van der Waals surface area contributed by atoms with Crippen LogP contribution in [0.5, 0.6) is 5.75 Å². The van der Waals surface area contributed by atoms with Crippen molar-refractivity contribution in [3.63, 3.8) is 0 Å². The van der Waals surface area contributed by atoms with Gasteiger partial charge in [-0.25, -0.2) is 0 Å². The van der Waals surface area contributed by atoms with E-state index in [0.29, 0.717) is 28.8 Å². The second-order valence-electron chi connectivity index (χ2n) is 9.17. The fourth-order valence-corrected chi connectivity index (χ4v) is 4.24. The number of halogens is 3. The Labute approximate surface area is 221 Å². The van der Waals surface area contributed by atoms with Gasteiger partial charge < -0.3 is 15.0 Å². The van der Waals surface area contributed by atoms with Crippen LogP contribution in [0.15, 0.2) is 40.9 Å². The van der Waals surface area contributed by atoms with Gasteiger partial charge in [-0.15, -0.1) is 0 Å². The highest BCUT2D eigenvalue weighted by Crippen LogP contribution is 2.31. The van der Waals surface area contributed by atoms with E-state index in [-0.39, 0.29) is 30.4 Å². The van der Waals surface area contributed by atoms with Gasteiger partial charge in [-0.1, -0.05) is 70.0 Å². The number of hydrogen-bond donors (Lipinski definition) is 1. The lowest BCUT2D eigenvalue weighted by Gasteiger charge is -2.30. The van der Waals surface area contributed by atoms with Crippen LogP contribution in [0, 0.1) is 0 Å². The third-order valence-corrected chi connectivity index (χ3v) is 6.78. The summed E-state index contributed by atoms with van der Waals surface area (Å²) < 4.78 is 6.64. The fraction of sp³-hybridized carbons (Fsp3) is 0.462. The lowest BCUT2D eigenvalue weighted by Crippen LogP contribution is -2.50. The molecule has 0 bridgehead atoms. The van der Waals surface area contributed by atoms with Crippen LogP contribution in [0.4, 0.5) is 0 Å². The van der Waals surface area contributed by atoms with Gasteiger partial charge in [0.05, 0.1) is 14.5 Å². The zero-order valence-electron chi connectivity index (χ0n) is 20.4. The third-order valence-electron chi connectivity index (χ3n) is 5.42. The Morgan fingerprint density at radius 3 is 2.35 bits per heavy atom. The van der Waals surface area contributed by atoms with Gasteiger partial charge >= 0.3 is 0 Å². The molecule has 5 nitrogen and oxygen atoms in total. The Balaban J connectivity index is 2.25. The Hall–Kier alpha value is -1.76. The minimum atomic E-state index is -0.635.